The molecule has 1 aromatic rings. The Morgan fingerprint density at radius 3 is 2.47 bits per heavy atom. The Morgan fingerprint density at radius 2 is 2.00 bits per heavy atom. The summed E-state index contributed by atoms with van der Waals surface area (Å²) in [5, 5.41) is 31.2. The highest BCUT2D eigenvalue weighted by molar-refractivity contribution is 5.32. The van der Waals surface area contributed by atoms with Gasteiger partial charge in [0.25, 0.3) is 0 Å². The van der Waals surface area contributed by atoms with Crippen molar-refractivity contribution in [2.75, 3.05) is 13.2 Å². The van der Waals surface area contributed by atoms with Gasteiger partial charge in [-0.25, -0.2) is 0 Å². The Labute approximate surface area is 114 Å². The zero-order valence-corrected chi connectivity index (χ0v) is 11.6. The van der Waals surface area contributed by atoms with Gasteiger partial charge in [-0.3, -0.25) is 0 Å². The third kappa shape index (κ3) is 4.64. The summed E-state index contributed by atoms with van der Waals surface area (Å²) in [4.78, 5) is 0. The highest BCUT2D eigenvalue weighted by Gasteiger charge is 2.21. The van der Waals surface area contributed by atoms with E-state index in [9.17, 15) is 5.11 Å². The quantitative estimate of drug-likeness (QED) is 0.699. The van der Waals surface area contributed by atoms with Crippen molar-refractivity contribution in [3.05, 3.63) is 35.4 Å². The molecule has 1 aromatic carbocycles. The number of hydrogen-bond acceptors (Lipinski definition) is 4. The van der Waals surface area contributed by atoms with Gasteiger partial charge in [-0.05, 0) is 37.5 Å². The molecule has 104 valence electrons. The number of nitrogens with zero attached hydrogens (tertiary/aromatic N) is 1. The van der Waals surface area contributed by atoms with Crippen LogP contribution in [-0.2, 0) is 0 Å². The minimum atomic E-state index is -0.614. The van der Waals surface area contributed by atoms with Gasteiger partial charge < -0.3 is 15.5 Å². The van der Waals surface area contributed by atoms with E-state index in [0.717, 1.165) is 12.0 Å². The number of hydrogen-bond donors (Lipinski definition) is 3. The highest BCUT2D eigenvalue weighted by Crippen LogP contribution is 2.17. The van der Waals surface area contributed by atoms with Gasteiger partial charge in [-0.2, -0.15) is 5.26 Å². The number of nitrogens with one attached hydrogen (secondary N) is 1. The zero-order chi connectivity index (χ0) is 14.3. The molecule has 0 aliphatic rings. The van der Waals surface area contributed by atoms with Gasteiger partial charge in [0.1, 0.15) is 0 Å². The van der Waals surface area contributed by atoms with Gasteiger partial charge in [0, 0.05) is 18.7 Å². The van der Waals surface area contributed by atoms with Gasteiger partial charge in [-0.1, -0.05) is 19.1 Å². The van der Waals surface area contributed by atoms with Crippen molar-refractivity contribution in [1.82, 2.24) is 5.32 Å². The van der Waals surface area contributed by atoms with Crippen LogP contribution in [0, 0.1) is 11.3 Å². The van der Waals surface area contributed by atoms with Gasteiger partial charge in [0.15, 0.2) is 0 Å². The summed E-state index contributed by atoms with van der Waals surface area (Å²) >= 11 is 0. The van der Waals surface area contributed by atoms with Crippen molar-refractivity contribution in [2.45, 2.75) is 38.3 Å². The minimum Gasteiger partial charge on any atom is -0.396 e. The molecule has 0 aliphatic heterocycles. The summed E-state index contributed by atoms with van der Waals surface area (Å²) in [6.07, 6.45) is 0.925. The molecule has 19 heavy (non-hydrogen) atoms. The largest absolute Gasteiger partial charge is 0.396 e. The maximum absolute atomic E-state index is 10.1. The van der Waals surface area contributed by atoms with E-state index in [1.165, 1.54) is 0 Å². The third-order valence-electron chi connectivity index (χ3n) is 3.59. The van der Waals surface area contributed by atoms with Crippen LogP contribution in [0.3, 0.4) is 0 Å². The number of benzene rings is 1. The molecule has 0 radical (unpaired) electrons. The summed E-state index contributed by atoms with van der Waals surface area (Å²) in [5.41, 5.74) is 1.21. The topological polar surface area (TPSA) is 76.3 Å². The molecule has 3 N–H and O–H groups in total. The second-order valence-electron chi connectivity index (χ2n) is 5.02. The lowest BCUT2D eigenvalue weighted by molar-refractivity contribution is 0.145. The van der Waals surface area contributed by atoms with Crippen molar-refractivity contribution in [3.63, 3.8) is 0 Å². The lowest BCUT2D eigenvalue weighted by Gasteiger charge is -2.30. The number of aliphatic hydroxyl groups excluding tert-OH is 2. The molecule has 0 spiro atoms. The normalized spacial score (nSPS) is 15.5. The first-order chi connectivity index (χ1) is 9.04. The van der Waals surface area contributed by atoms with E-state index in [2.05, 4.69) is 18.3 Å². The van der Waals surface area contributed by atoms with E-state index in [1.807, 2.05) is 6.92 Å². The minimum absolute atomic E-state index is 0.129. The molecular formula is C15H22N2O2. The van der Waals surface area contributed by atoms with E-state index in [-0.39, 0.29) is 12.1 Å². The monoisotopic (exact) mass is 262 g/mol. The Morgan fingerprint density at radius 1 is 1.37 bits per heavy atom. The first-order valence-corrected chi connectivity index (χ1v) is 6.58. The predicted octanol–water partition coefficient (Wildman–Crippen LogP) is 1.73. The Hall–Kier alpha value is -1.41. The molecule has 0 saturated carbocycles. The fourth-order valence-corrected chi connectivity index (χ4v) is 1.88. The van der Waals surface area contributed by atoms with Crippen molar-refractivity contribution in [2.24, 2.45) is 0 Å². The molecule has 0 amide bonds. The van der Waals surface area contributed by atoms with Crippen LogP contribution in [0.1, 0.15) is 43.9 Å². The second kappa shape index (κ2) is 7.25. The van der Waals surface area contributed by atoms with Crippen LogP contribution in [0.4, 0.5) is 0 Å². The fraction of sp³-hybridized carbons (Fsp3) is 0.533. The summed E-state index contributed by atoms with van der Waals surface area (Å²) in [6.45, 7) is 4.64. The van der Waals surface area contributed by atoms with Crippen molar-refractivity contribution >= 4 is 0 Å². The summed E-state index contributed by atoms with van der Waals surface area (Å²) < 4.78 is 0. The molecule has 0 aliphatic carbocycles. The van der Waals surface area contributed by atoms with Crippen molar-refractivity contribution in [3.8, 4) is 6.07 Å². The Kier molecular flexibility index (Phi) is 5.97. The summed E-state index contributed by atoms with van der Waals surface area (Å²) in [7, 11) is 0. The second-order valence-corrected chi connectivity index (χ2v) is 5.02. The SMILES string of the molecule is CCC(C)(CCO)NCC(O)c1ccc(C#N)cc1. The molecule has 2 atom stereocenters. The summed E-state index contributed by atoms with van der Waals surface area (Å²) in [6, 6.07) is 8.98. The first kappa shape index (κ1) is 15.6. The average molecular weight is 262 g/mol. The van der Waals surface area contributed by atoms with Crippen molar-refractivity contribution < 1.29 is 10.2 Å². The maximum Gasteiger partial charge on any atom is 0.0991 e. The molecule has 2 unspecified atom stereocenters. The van der Waals surface area contributed by atoms with Crippen LogP contribution >= 0.6 is 0 Å². The molecule has 0 saturated heterocycles. The molecule has 0 bridgehead atoms. The Bertz CT molecular complexity index is 425. The molecule has 1 rings (SSSR count). The highest BCUT2D eigenvalue weighted by atomic mass is 16.3. The van der Waals surface area contributed by atoms with Crippen molar-refractivity contribution in [1.29, 1.82) is 5.26 Å². The van der Waals surface area contributed by atoms with E-state index in [4.69, 9.17) is 10.4 Å². The average Bonchev–Trinajstić information content (AvgIpc) is 2.45. The first-order valence-electron chi connectivity index (χ1n) is 6.58. The van der Waals surface area contributed by atoms with Crippen LogP contribution in [0.5, 0.6) is 0 Å². The van der Waals surface area contributed by atoms with E-state index >= 15 is 0 Å². The molecule has 4 nitrogen and oxygen atoms in total. The van der Waals surface area contributed by atoms with Crippen LogP contribution in [0.2, 0.25) is 0 Å². The molecule has 0 aromatic heterocycles. The van der Waals surface area contributed by atoms with Gasteiger partial charge in [-0.15, -0.1) is 0 Å². The number of rotatable bonds is 7. The zero-order valence-electron chi connectivity index (χ0n) is 11.6. The maximum atomic E-state index is 10.1. The van der Waals surface area contributed by atoms with Gasteiger partial charge >= 0.3 is 0 Å². The third-order valence-corrected chi connectivity index (χ3v) is 3.59. The number of β-amino-alcohol motifs (C(OH)–C–C–N with tert-alkyl or cyclic N) is 1. The molecular weight excluding hydrogens is 240 g/mol. The standard InChI is InChI=1S/C15H22N2O2/c1-3-15(2,8-9-18)17-11-14(19)13-6-4-12(10-16)5-7-13/h4-7,14,17-19H,3,8-9,11H2,1-2H3. The summed E-state index contributed by atoms with van der Waals surface area (Å²) in [5.74, 6) is 0. The smallest absolute Gasteiger partial charge is 0.0991 e. The van der Waals surface area contributed by atoms with E-state index in [1.54, 1.807) is 24.3 Å². The number of nitriles is 1. The lowest BCUT2D eigenvalue weighted by atomic mass is 9.94. The van der Waals surface area contributed by atoms with Crippen LogP contribution < -0.4 is 5.32 Å². The predicted molar refractivity (Wildman–Crippen MR) is 74.5 cm³/mol. The van der Waals surface area contributed by atoms with Crippen LogP contribution in [-0.4, -0.2) is 28.9 Å². The van der Waals surface area contributed by atoms with Crippen LogP contribution in [0.15, 0.2) is 24.3 Å². The fourth-order valence-electron chi connectivity index (χ4n) is 1.88. The van der Waals surface area contributed by atoms with Crippen LogP contribution in [0.25, 0.3) is 0 Å². The number of aliphatic hydroxyl groups is 2. The van der Waals surface area contributed by atoms with E-state index in [0.29, 0.717) is 18.5 Å². The molecule has 4 heteroatoms. The van der Waals surface area contributed by atoms with Gasteiger partial charge in [0.05, 0.1) is 17.7 Å². The molecule has 0 fully saturated rings. The van der Waals surface area contributed by atoms with Gasteiger partial charge in [0.2, 0.25) is 0 Å². The Balaban J connectivity index is 2.59. The molecule has 0 heterocycles. The van der Waals surface area contributed by atoms with E-state index < -0.39 is 6.10 Å². The lowest BCUT2D eigenvalue weighted by Crippen LogP contribution is -2.44.